The van der Waals surface area contributed by atoms with Gasteiger partial charge in [-0.2, -0.15) is 0 Å². The maximum Gasteiger partial charge on any atom is -0.0178 e. The van der Waals surface area contributed by atoms with Crippen LogP contribution in [0.2, 0.25) is 0 Å². The molecule has 0 aliphatic carbocycles. The number of benzene rings is 1. The lowest BCUT2D eigenvalue weighted by molar-refractivity contribution is 0.894. The minimum atomic E-state index is 1.14. The topological polar surface area (TPSA) is 0 Å². The fraction of sp³-hybridized carbons (Fsp3) is 0.429. The first-order valence-electron chi connectivity index (χ1n) is 5.46. The zero-order chi connectivity index (χ0) is 10.4. The molecule has 0 atom stereocenters. The summed E-state index contributed by atoms with van der Waals surface area (Å²) >= 11 is 0. The quantitative estimate of drug-likeness (QED) is 0.655. The number of hydrogen-bond donors (Lipinski definition) is 0. The van der Waals surface area contributed by atoms with Gasteiger partial charge in [0, 0.05) is 0 Å². The Morgan fingerprint density at radius 2 is 1.50 bits per heavy atom. The Morgan fingerprint density at radius 3 is 1.86 bits per heavy atom. The van der Waals surface area contributed by atoms with Gasteiger partial charge in [-0.3, -0.25) is 0 Å². The van der Waals surface area contributed by atoms with Crippen molar-refractivity contribution in [3.05, 3.63) is 47.5 Å². The van der Waals surface area contributed by atoms with Gasteiger partial charge in [0.25, 0.3) is 0 Å². The third kappa shape index (κ3) is 3.02. The monoisotopic (exact) mass is 187 g/mol. The third-order valence-electron chi connectivity index (χ3n) is 2.33. The van der Waals surface area contributed by atoms with Crippen molar-refractivity contribution in [2.45, 2.75) is 39.5 Å². The molecule has 75 valence electrons. The average Bonchev–Trinajstić information content (AvgIpc) is 2.18. The summed E-state index contributed by atoms with van der Waals surface area (Å²) in [5.41, 5.74) is 3.98. The summed E-state index contributed by atoms with van der Waals surface area (Å²) < 4.78 is 0. The van der Waals surface area contributed by atoms with Crippen LogP contribution in [0.3, 0.4) is 0 Å². The van der Waals surface area contributed by atoms with Crippen molar-refractivity contribution in [1.29, 1.82) is 0 Å². The molecule has 0 bridgehead atoms. The highest BCUT2D eigenvalue weighted by atomic mass is 14.0. The summed E-state index contributed by atoms with van der Waals surface area (Å²) in [7, 11) is 0. The number of aryl methyl sites for hydroxylation is 2. The van der Waals surface area contributed by atoms with E-state index in [0.29, 0.717) is 0 Å². The predicted molar refractivity (Wildman–Crippen MR) is 62.4 cm³/mol. The minimum Gasteiger partial charge on any atom is -0.0906 e. The van der Waals surface area contributed by atoms with E-state index in [1.165, 1.54) is 24.0 Å². The van der Waals surface area contributed by atoms with Crippen molar-refractivity contribution in [3.8, 4) is 0 Å². The van der Waals surface area contributed by atoms with Crippen molar-refractivity contribution in [2.24, 2.45) is 0 Å². The van der Waals surface area contributed by atoms with Crippen LogP contribution in [-0.2, 0) is 12.8 Å². The first-order chi connectivity index (χ1) is 6.80. The largest absolute Gasteiger partial charge is 0.0906 e. The fourth-order valence-electron chi connectivity index (χ4n) is 1.73. The minimum absolute atomic E-state index is 1.14. The molecule has 0 saturated carbocycles. The van der Waals surface area contributed by atoms with Gasteiger partial charge in [-0.25, -0.2) is 0 Å². The summed E-state index contributed by atoms with van der Waals surface area (Å²) in [6, 6.07) is 6.69. The van der Waals surface area contributed by atoms with E-state index >= 15 is 0 Å². The number of hydrogen-bond acceptors (Lipinski definition) is 0. The van der Waals surface area contributed by atoms with E-state index in [4.69, 9.17) is 0 Å². The molecule has 1 radical (unpaired) electrons. The van der Waals surface area contributed by atoms with Gasteiger partial charge in [-0.1, -0.05) is 51.5 Å². The van der Waals surface area contributed by atoms with Gasteiger partial charge in [0.15, 0.2) is 0 Å². The summed E-state index contributed by atoms with van der Waals surface area (Å²) in [5.74, 6) is 0. The van der Waals surface area contributed by atoms with Crippen LogP contribution in [0.15, 0.2) is 24.8 Å². The summed E-state index contributed by atoms with van der Waals surface area (Å²) in [4.78, 5) is 0. The highest BCUT2D eigenvalue weighted by molar-refractivity contribution is 5.33. The maximum atomic E-state index is 3.71. The molecular weight excluding hydrogens is 168 g/mol. The standard InChI is InChI=1S/C14H19/c1-4-7-13-9-12(6-3)10-14(11-13)8-5-2/h9-11H,3-5,7-8H2,1-2H3. The van der Waals surface area contributed by atoms with Crippen molar-refractivity contribution in [1.82, 2.24) is 0 Å². The normalized spacial score (nSPS) is 10.1. The van der Waals surface area contributed by atoms with Crippen LogP contribution in [-0.4, -0.2) is 0 Å². The predicted octanol–water partition coefficient (Wildman–Crippen LogP) is 3.93. The first-order valence-corrected chi connectivity index (χ1v) is 5.46. The second kappa shape index (κ2) is 5.64. The van der Waals surface area contributed by atoms with Gasteiger partial charge in [0.1, 0.15) is 0 Å². The van der Waals surface area contributed by atoms with Crippen molar-refractivity contribution in [3.63, 3.8) is 0 Å². The van der Waals surface area contributed by atoms with Crippen LogP contribution in [0.5, 0.6) is 0 Å². The summed E-state index contributed by atoms with van der Waals surface area (Å²) in [5, 5.41) is 0. The molecule has 1 rings (SSSR count). The molecular formula is C14H19. The molecule has 0 nitrogen and oxygen atoms in total. The Morgan fingerprint density at radius 1 is 1.00 bits per heavy atom. The molecule has 0 saturated heterocycles. The molecule has 0 aliphatic rings. The molecule has 0 unspecified atom stereocenters. The van der Waals surface area contributed by atoms with Gasteiger partial charge in [-0.05, 0) is 35.6 Å². The van der Waals surface area contributed by atoms with Crippen LogP contribution in [0.25, 0.3) is 0 Å². The van der Waals surface area contributed by atoms with Crippen LogP contribution < -0.4 is 0 Å². The lowest BCUT2D eigenvalue weighted by Crippen LogP contribution is -1.91. The van der Waals surface area contributed by atoms with E-state index in [0.717, 1.165) is 18.4 Å². The highest BCUT2D eigenvalue weighted by Crippen LogP contribution is 2.13. The fourth-order valence-corrected chi connectivity index (χ4v) is 1.73. The van der Waals surface area contributed by atoms with E-state index < -0.39 is 0 Å². The second-order valence-electron chi connectivity index (χ2n) is 3.71. The zero-order valence-corrected chi connectivity index (χ0v) is 9.27. The molecule has 14 heavy (non-hydrogen) atoms. The average molecular weight is 187 g/mol. The molecule has 0 fully saturated rings. The SMILES string of the molecule is C=[C]c1cc(CCC)cc(CCC)c1. The van der Waals surface area contributed by atoms with E-state index in [1.807, 2.05) is 0 Å². The maximum absolute atomic E-state index is 3.71. The van der Waals surface area contributed by atoms with Crippen molar-refractivity contribution in [2.75, 3.05) is 0 Å². The Balaban J connectivity index is 2.94. The Kier molecular flexibility index (Phi) is 4.45. The van der Waals surface area contributed by atoms with Crippen LogP contribution >= 0.6 is 0 Å². The van der Waals surface area contributed by atoms with Crippen LogP contribution in [0.4, 0.5) is 0 Å². The van der Waals surface area contributed by atoms with Crippen LogP contribution in [0.1, 0.15) is 43.4 Å². The first kappa shape index (κ1) is 11.0. The highest BCUT2D eigenvalue weighted by Gasteiger charge is 1.98. The van der Waals surface area contributed by atoms with Gasteiger partial charge in [0.2, 0.25) is 0 Å². The second-order valence-corrected chi connectivity index (χ2v) is 3.71. The molecule has 0 aliphatic heterocycles. The van der Waals surface area contributed by atoms with E-state index in [-0.39, 0.29) is 0 Å². The van der Waals surface area contributed by atoms with E-state index in [9.17, 15) is 0 Å². The molecule has 0 heteroatoms. The Labute approximate surface area is 87.7 Å². The molecule has 0 N–H and O–H groups in total. The summed E-state index contributed by atoms with van der Waals surface area (Å²) in [6.07, 6.45) is 7.69. The smallest absolute Gasteiger partial charge is 0.0178 e. The molecule has 0 aromatic heterocycles. The van der Waals surface area contributed by atoms with Crippen molar-refractivity contribution < 1.29 is 0 Å². The third-order valence-corrected chi connectivity index (χ3v) is 2.33. The van der Waals surface area contributed by atoms with E-state index in [1.54, 1.807) is 0 Å². The molecule has 0 spiro atoms. The van der Waals surface area contributed by atoms with E-state index in [2.05, 4.69) is 44.7 Å². The molecule has 0 heterocycles. The van der Waals surface area contributed by atoms with Gasteiger partial charge in [0.05, 0.1) is 0 Å². The lowest BCUT2D eigenvalue weighted by atomic mass is 10.00. The molecule has 0 amide bonds. The Hall–Kier alpha value is -1.04. The summed E-state index contributed by atoms with van der Waals surface area (Å²) in [6.45, 7) is 8.13. The van der Waals surface area contributed by atoms with Crippen molar-refractivity contribution >= 4 is 0 Å². The van der Waals surface area contributed by atoms with Crippen LogP contribution in [0, 0.1) is 6.08 Å². The van der Waals surface area contributed by atoms with Gasteiger partial charge in [-0.15, -0.1) is 0 Å². The Bertz CT molecular complexity index is 273. The van der Waals surface area contributed by atoms with Gasteiger partial charge >= 0.3 is 0 Å². The lowest BCUT2D eigenvalue weighted by Gasteiger charge is -2.05. The number of rotatable bonds is 5. The van der Waals surface area contributed by atoms with Gasteiger partial charge < -0.3 is 0 Å². The molecule has 1 aromatic carbocycles. The zero-order valence-electron chi connectivity index (χ0n) is 9.27. The molecule has 1 aromatic rings.